The number of carbonyl (C=O) groups is 1. The van der Waals surface area contributed by atoms with E-state index in [1.165, 1.54) is 0 Å². The molecule has 0 unspecified atom stereocenters. The van der Waals surface area contributed by atoms with E-state index in [2.05, 4.69) is 0 Å². The Hall–Kier alpha value is -3.12. The lowest BCUT2D eigenvalue weighted by molar-refractivity contribution is -0.139. The number of para-hydroxylation sites is 1. The third kappa shape index (κ3) is 4.80. The van der Waals surface area contributed by atoms with E-state index in [0.29, 0.717) is 25.6 Å². The highest BCUT2D eigenvalue weighted by Crippen LogP contribution is 2.35. The molecule has 0 radical (unpaired) electrons. The standard InChI is InChI=1S/C25H29N3O3/c1-27-25(31-21-14-7-4-8-15-21)22(23(26-27)19-10-5-3-6-11-19)18-28(16-17-30-2)24(29)20-12-9-13-20/h3-8,10-11,14-15,20H,9,12-13,16-18H2,1-2H3. The third-order valence-electron chi connectivity index (χ3n) is 5.77. The van der Waals surface area contributed by atoms with E-state index in [1.807, 2.05) is 72.6 Å². The van der Waals surface area contributed by atoms with Crippen LogP contribution >= 0.6 is 0 Å². The maximum absolute atomic E-state index is 13.2. The molecule has 1 aromatic heterocycles. The van der Waals surface area contributed by atoms with Crippen molar-refractivity contribution in [1.29, 1.82) is 0 Å². The Balaban J connectivity index is 1.72. The fraction of sp³-hybridized carbons (Fsp3) is 0.360. The first-order valence-electron chi connectivity index (χ1n) is 10.8. The molecule has 1 fully saturated rings. The zero-order chi connectivity index (χ0) is 21.6. The minimum Gasteiger partial charge on any atom is -0.439 e. The lowest BCUT2D eigenvalue weighted by atomic mass is 9.84. The second kappa shape index (κ2) is 9.79. The first-order valence-corrected chi connectivity index (χ1v) is 10.8. The first-order chi connectivity index (χ1) is 15.2. The van der Waals surface area contributed by atoms with Gasteiger partial charge in [0.05, 0.1) is 18.7 Å². The molecule has 162 valence electrons. The summed E-state index contributed by atoms with van der Waals surface area (Å²) in [5.41, 5.74) is 2.73. The third-order valence-corrected chi connectivity index (χ3v) is 5.77. The van der Waals surface area contributed by atoms with Crippen LogP contribution in [0.2, 0.25) is 0 Å². The maximum Gasteiger partial charge on any atom is 0.226 e. The molecule has 3 aromatic rings. The highest BCUT2D eigenvalue weighted by Gasteiger charge is 2.31. The Morgan fingerprint density at radius 2 is 1.77 bits per heavy atom. The van der Waals surface area contributed by atoms with Gasteiger partial charge in [0.1, 0.15) is 11.4 Å². The van der Waals surface area contributed by atoms with E-state index >= 15 is 0 Å². The summed E-state index contributed by atoms with van der Waals surface area (Å²) in [6.45, 7) is 1.47. The molecule has 6 heteroatoms. The van der Waals surface area contributed by atoms with Crippen LogP contribution < -0.4 is 4.74 Å². The fourth-order valence-electron chi connectivity index (χ4n) is 3.82. The van der Waals surface area contributed by atoms with Gasteiger partial charge in [-0.2, -0.15) is 5.10 Å². The predicted octanol–water partition coefficient (Wildman–Crippen LogP) is 4.65. The largest absolute Gasteiger partial charge is 0.439 e. The number of rotatable bonds is 9. The minimum atomic E-state index is 0.118. The van der Waals surface area contributed by atoms with E-state index in [-0.39, 0.29) is 11.8 Å². The molecule has 0 aliphatic heterocycles. The predicted molar refractivity (Wildman–Crippen MR) is 120 cm³/mol. The van der Waals surface area contributed by atoms with Crippen LogP contribution in [0.5, 0.6) is 11.6 Å². The van der Waals surface area contributed by atoms with Crippen molar-refractivity contribution in [2.75, 3.05) is 20.3 Å². The molecule has 1 aliphatic rings. The number of aryl methyl sites for hydroxylation is 1. The van der Waals surface area contributed by atoms with Crippen LogP contribution in [0, 0.1) is 5.92 Å². The van der Waals surface area contributed by atoms with Crippen molar-refractivity contribution in [3.63, 3.8) is 0 Å². The summed E-state index contributed by atoms with van der Waals surface area (Å²) in [5.74, 6) is 1.69. The first kappa shape index (κ1) is 21.1. The summed E-state index contributed by atoms with van der Waals surface area (Å²) >= 11 is 0. The number of methoxy groups -OCH3 is 1. The van der Waals surface area contributed by atoms with Crippen molar-refractivity contribution in [1.82, 2.24) is 14.7 Å². The molecular formula is C25H29N3O3. The Morgan fingerprint density at radius 1 is 1.10 bits per heavy atom. The van der Waals surface area contributed by atoms with Crippen LogP contribution in [0.25, 0.3) is 11.3 Å². The average Bonchev–Trinajstić information content (AvgIpc) is 3.06. The van der Waals surface area contributed by atoms with Gasteiger partial charge in [-0.25, -0.2) is 4.68 Å². The molecule has 1 saturated carbocycles. The van der Waals surface area contributed by atoms with Crippen LogP contribution in [-0.2, 0) is 23.1 Å². The van der Waals surface area contributed by atoms with Crippen molar-refractivity contribution in [2.45, 2.75) is 25.8 Å². The molecule has 2 aromatic carbocycles. The van der Waals surface area contributed by atoms with Crippen molar-refractivity contribution in [3.8, 4) is 22.9 Å². The van der Waals surface area contributed by atoms with Gasteiger partial charge < -0.3 is 14.4 Å². The lowest BCUT2D eigenvalue weighted by Crippen LogP contribution is -2.40. The Kier molecular flexibility index (Phi) is 6.67. The van der Waals surface area contributed by atoms with Crippen molar-refractivity contribution in [2.24, 2.45) is 13.0 Å². The number of benzene rings is 2. The van der Waals surface area contributed by atoms with Gasteiger partial charge in [0.2, 0.25) is 11.8 Å². The Labute approximate surface area is 183 Å². The van der Waals surface area contributed by atoms with E-state index in [1.54, 1.807) is 11.8 Å². The molecule has 0 atom stereocenters. The van der Waals surface area contributed by atoms with Gasteiger partial charge in [-0.1, -0.05) is 55.0 Å². The van der Waals surface area contributed by atoms with E-state index in [4.69, 9.17) is 14.6 Å². The van der Waals surface area contributed by atoms with Crippen molar-refractivity contribution in [3.05, 3.63) is 66.2 Å². The molecule has 0 N–H and O–H groups in total. The molecule has 4 rings (SSSR count). The smallest absolute Gasteiger partial charge is 0.226 e. The zero-order valence-corrected chi connectivity index (χ0v) is 18.2. The Morgan fingerprint density at radius 3 is 2.39 bits per heavy atom. The quantitative estimate of drug-likeness (QED) is 0.506. The molecule has 6 nitrogen and oxygen atoms in total. The van der Waals surface area contributed by atoms with Crippen LogP contribution in [-0.4, -0.2) is 40.8 Å². The zero-order valence-electron chi connectivity index (χ0n) is 18.2. The summed E-state index contributed by atoms with van der Waals surface area (Å²) in [6.07, 6.45) is 3.06. The van der Waals surface area contributed by atoms with Gasteiger partial charge in [-0.15, -0.1) is 0 Å². The molecule has 0 spiro atoms. The van der Waals surface area contributed by atoms with Gasteiger partial charge in [0.25, 0.3) is 0 Å². The number of carbonyl (C=O) groups excluding carboxylic acids is 1. The second-order valence-electron chi connectivity index (χ2n) is 7.92. The SMILES string of the molecule is COCCN(Cc1c(-c2ccccc2)nn(C)c1Oc1ccccc1)C(=O)C1CCC1. The van der Waals surface area contributed by atoms with Crippen molar-refractivity contribution < 1.29 is 14.3 Å². The van der Waals surface area contributed by atoms with Crippen LogP contribution in [0.15, 0.2) is 60.7 Å². The van der Waals surface area contributed by atoms with Crippen LogP contribution in [0.3, 0.4) is 0 Å². The number of amides is 1. The summed E-state index contributed by atoms with van der Waals surface area (Å²) < 4.78 is 13.3. The molecular weight excluding hydrogens is 390 g/mol. The summed E-state index contributed by atoms with van der Waals surface area (Å²) in [5, 5.41) is 4.77. The lowest BCUT2D eigenvalue weighted by Gasteiger charge is -2.31. The fourth-order valence-corrected chi connectivity index (χ4v) is 3.82. The van der Waals surface area contributed by atoms with E-state index in [0.717, 1.165) is 41.8 Å². The molecule has 1 heterocycles. The van der Waals surface area contributed by atoms with Gasteiger partial charge in [0.15, 0.2) is 0 Å². The molecule has 1 amide bonds. The number of aromatic nitrogens is 2. The van der Waals surface area contributed by atoms with E-state index in [9.17, 15) is 4.79 Å². The molecule has 0 bridgehead atoms. The summed E-state index contributed by atoms with van der Waals surface area (Å²) in [7, 11) is 3.54. The average molecular weight is 420 g/mol. The molecule has 1 aliphatic carbocycles. The number of nitrogens with zero attached hydrogens (tertiary/aromatic N) is 3. The van der Waals surface area contributed by atoms with Crippen molar-refractivity contribution >= 4 is 5.91 Å². The highest BCUT2D eigenvalue weighted by atomic mass is 16.5. The normalized spacial score (nSPS) is 13.6. The number of ether oxygens (including phenoxy) is 2. The highest BCUT2D eigenvalue weighted by molar-refractivity contribution is 5.80. The Bertz CT molecular complexity index is 998. The topological polar surface area (TPSA) is 56.6 Å². The minimum absolute atomic E-state index is 0.118. The summed E-state index contributed by atoms with van der Waals surface area (Å²) in [4.78, 5) is 15.1. The molecule has 31 heavy (non-hydrogen) atoms. The number of hydrogen-bond donors (Lipinski definition) is 0. The monoisotopic (exact) mass is 419 g/mol. The van der Waals surface area contributed by atoms with Gasteiger partial charge in [0, 0.05) is 32.2 Å². The van der Waals surface area contributed by atoms with Gasteiger partial charge in [-0.05, 0) is 25.0 Å². The molecule has 0 saturated heterocycles. The van der Waals surface area contributed by atoms with Gasteiger partial charge in [-0.3, -0.25) is 4.79 Å². The second-order valence-corrected chi connectivity index (χ2v) is 7.92. The van der Waals surface area contributed by atoms with Crippen LogP contribution in [0.1, 0.15) is 24.8 Å². The van der Waals surface area contributed by atoms with Crippen LogP contribution in [0.4, 0.5) is 0 Å². The van der Waals surface area contributed by atoms with E-state index < -0.39 is 0 Å². The number of hydrogen-bond acceptors (Lipinski definition) is 4. The maximum atomic E-state index is 13.2. The summed E-state index contributed by atoms with van der Waals surface area (Å²) in [6, 6.07) is 19.7. The van der Waals surface area contributed by atoms with Gasteiger partial charge >= 0.3 is 0 Å².